The van der Waals surface area contributed by atoms with Gasteiger partial charge in [-0.25, -0.2) is 14.3 Å². The molecule has 0 bridgehead atoms. The summed E-state index contributed by atoms with van der Waals surface area (Å²) >= 11 is 12.3. The first-order chi connectivity index (χ1) is 14.3. The van der Waals surface area contributed by atoms with Gasteiger partial charge in [0.2, 0.25) is 0 Å². The van der Waals surface area contributed by atoms with Gasteiger partial charge in [-0.05, 0) is 18.9 Å². The Balaban J connectivity index is 1.53. The lowest BCUT2D eigenvalue weighted by Gasteiger charge is -2.15. The molecule has 0 spiro atoms. The van der Waals surface area contributed by atoms with Gasteiger partial charge in [0.25, 0.3) is 0 Å². The van der Waals surface area contributed by atoms with Gasteiger partial charge in [0.15, 0.2) is 17.0 Å². The quantitative estimate of drug-likeness (QED) is 0.605. The smallest absolute Gasteiger partial charge is 0.306 e. The van der Waals surface area contributed by atoms with Crippen LogP contribution in [0.4, 0.5) is 16.2 Å². The Bertz CT molecular complexity index is 1200. The fraction of sp³-hybridized carbons (Fsp3) is 0.263. The van der Waals surface area contributed by atoms with Gasteiger partial charge in [0.1, 0.15) is 5.69 Å². The van der Waals surface area contributed by atoms with Crippen LogP contribution in [0.25, 0.3) is 5.65 Å². The summed E-state index contributed by atoms with van der Waals surface area (Å²) in [6.45, 7) is 5.84. The molecule has 1 aliphatic rings. The van der Waals surface area contributed by atoms with Crippen LogP contribution >= 0.6 is 23.2 Å². The normalized spacial score (nSPS) is 15.7. The van der Waals surface area contributed by atoms with Crippen molar-refractivity contribution in [1.29, 1.82) is 0 Å². The SMILES string of the molecule is CC1=NC(c2ncc(NC(=O)Nc3cnc4cc(Cl)nn4c3C(C)C)cc2Cl)N=C1. The van der Waals surface area contributed by atoms with E-state index in [1.165, 1.54) is 6.20 Å². The average molecular weight is 445 g/mol. The molecule has 9 nitrogen and oxygen atoms in total. The Hall–Kier alpha value is -3.04. The van der Waals surface area contributed by atoms with Gasteiger partial charge in [-0.2, -0.15) is 5.10 Å². The Morgan fingerprint density at radius 1 is 1.17 bits per heavy atom. The first kappa shape index (κ1) is 20.2. The predicted octanol–water partition coefficient (Wildman–Crippen LogP) is 4.74. The van der Waals surface area contributed by atoms with E-state index in [9.17, 15) is 4.79 Å². The third-order valence-corrected chi connectivity index (χ3v) is 4.87. The number of halogens is 2. The molecule has 0 aromatic carbocycles. The van der Waals surface area contributed by atoms with Crippen LogP contribution in [0.5, 0.6) is 0 Å². The number of carbonyl (C=O) groups excluding carboxylic acids is 1. The molecule has 0 saturated heterocycles. The second-order valence-corrected chi connectivity index (χ2v) is 7.84. The van der Waals surface area contributed by atoms with Crippen LogP contribution in [0, 0.1) is 0 Å². The number of anilines is 2. The van der Waals surface area contributed by atoms with Crippen LogP contribution in [0.1, 0.15) is 44.2 Å². The molecule has 1 unspecified atom stereocenters. The van der Waals surface area contributed by atoms with Crippen molar-refractivity contribution in [3.8, 4) is 0 Å². The summed E-state index contributed by atoms with van der Waals surface area (Å²) in [5.41, 5.74) is 3.68. The Morgan fingerprint density at radius 2 is 1.97 bits per heavy atom. The number of nitrogens with one attached hydrogen (secondary N) is 2. The van der Waals surface area contributed by atoms with Gasteiger partial charge in [-0.3, -0.25) is 15.0 Å². The van der Waals surface area contributed by atoms with E-state index in [1.54, 1.807) is 29.1 Å². The molecular weight excluding hydrogens is 427 g/mol. The van der Waals surface area contributed by atoms with E-state index >= 15 is 0 Å². The molecule has 0 aliphatic carbocycles. The van der Waals surface area contributed by atoms with Crippen LogP contribution in [0.3, 0.4) is 0 Å². The van der Waals surface area contributed by atoms with E-state index in [-0.39, 0.29) is 5.92 Å². The second-order valence-electron chi connectivity index (χ2n) is 7.04. The minimum Gasteiger partial charge on any atom is -0.306 e. The molecule has 0 radical (unpaired) electrons. The van der Waals surface area contributed by atoms with E-state index in [4.69, 9.17) is 23.2 Å². The van der Waals surface area contributed by atoms with Crippen molar-refractivity contribution in [2.24, 2.45) is 9.98 Å². The van der Waals surface area contributed by atoms with Crippen molar-refractivity contribution < 1.29 is 4.79 Å². The van der Waals surface area contributed by atoms with Gasteiger partial charge in [0.05, 0.1) is 40.2 Å². The molecule has 2 amide bonds. The van der Waals surface area contributed by atoms with Crippen molar-refractivity contribution in [1.82, 2.24) is 19.6 Å². The summed E-state index contributed by atoms with van der Waals surface area (Å²) in [7, 11) is 0. The summed E-state index contributed by atoms with van der Waals surface area (Å²) in [6, 6.07) is 2.81. The number of amides is 2. The largest absolute Gasteiger partial charge is 0.323 e. The third-order valence-electron chi connectivity index (χ3n) is 4.39. The van der Waals surface area contributed by atoms with E-state index in [0.717, 1.165) is 11.4 Å². The van der Waals surface area contributed by atoms with Crippen molar-refractivity contribution in [3.05, 3.63) is 46.1 Å². The maximum absolute atomic E-state index is 12.6. The summed E-state index contributed by atoms with van der Waals surface area (Å²) < 4.78 is 1.63. The van der Waals surface area contributed by atoms with E-state index < -0.39 is 12.2 Å². The number of aromatic nitrogens is 4. The van der Waals surface area contributed by atoms with Gasteiger partial charge in [-0.15, -0.1) is 0 Å². The Morgan fingerprint density at radius 3 is 2.63 bits per heavy atom. The van der Waals surface area contributed by atoms with E-state index in [0.29, 0.717) is 32.9 Å². The summed E-state index contributed by atoms with van der Waals surface area (Å²) in [6.07, 6.45) is 4.31. The second kappa shape index (κ2) is 8.00. The number of rotatable bonds is 4. The predicted molar refractivity (Wildman–Crippen MR) is 118 cm³/mol. The minimum atomic E-state index is -0.463. The molecule has 0 fully saturated rings. The summed E-state index contributed by atoms with van der Waals surface area (Å²) in [5, 5.41) is 10.5. The highest BCUT2D eigenvalue weighted by Crippen LogP contribution is 2.29. The number of pyridine rings is 1. The number of fused-ring (bicyclic) bond motifs is 1. The van der Waals surface area contributed by atoms with Crippen LogP contribution < -0.4 is 10.6 Å². The highest BCUT2D eigenvalue weighted by Gasteiger charge is 2.19. The zero-order valence-corrected chi connectivity index (χ0v) is 17.9. The topological polar surface area (TPSA) is 109 Å². The molecule has 11 heteroatoms. The first-order valence-corrected chi connectivity index (χ1v) is 9.92. The zero-order valence-electron chi connectivity index (χ0n) is 16.4. The third kappa shape index (κ3) is 3.99. The van der Waals surface area contributed by atoms with E-state index in [2.05, 4.69) is 35.7 Å². The first-order valence-electron chi connectivity index (χ1n) is 9.17. The monoisotopic (exact) mass is 444 g/mol. The molecule has 30 heavy (non-hydrogen) atoms. The molecule has 1 atom stereocenters. The van der Waals surface area contributed by atoms with Gasteiger partial charge >= 0.3 is 6.03 Å². The number of urea groups is 1. The molecule has 0 saturated carbocycles. The lowest BCUT2D eigenvalue weighted by molar-refractivity contribution is 0.262. The molecular formula is C19H18Cl2N8O. The van der Waals surface area contributed by atoms with E-state index in [1.807, 2.05) is 20.8 Å². The number of nitrogens with zero attached hydrogens (tertiary/aromatic N) is 6. The van der Waals surface area contributed by atoms with Gasteiger partial charge in [-0.1, -0.05) is 37.0 Å². The van der Waals surface area contributed by atoms with Crippen molar-refractivity contribution >= 4 is 58.2 Å². The molecule has 3 aromatic heterocycles. The summed E-state index contributed by atoms with van der Waals surface area (Å²) in [4.78, 5) is 29.8. The Labute approximate surface area is 182 Å². The standard InChI is InChI=1S/C19H18Cl2N8O/c1-9(2)17-13(8-22-15-5-14(21)28-29(15)17)27-19(30)26-11-4-12(20)16(23-7-11)18-24-6-10(3)25-18/h4-9,18H,1-3H3,(H2,26,27,30). The lowest BCUT2D eigenvalue weighted by Crippen LogP contribution is -2.22. The maximum atomic E-state index is 12.6. The molecule has 3 aromatic rings. The Kier molecular flexibility index (Phi) is 5.40. The summed E-state index contributed by atoms with van der Waals surface area (Å²) in [5.74, 6) is 0.0631. The fourth-order valence-electron chi connectivity index (χ4n) is 3.14. The number of carbonyl (C=O) groups is 1. The number of hydrogen-bond donors (Lipinski definition) is 2. The lowest BCUT2D eigenvalue weighted by atomic mass is 10.1. The van der Waals surface area contributed by atoms with Crippen molar-refractivity contribution in [2.75, 3.05) is 10.6 Å². The zero-order chi connectivity index (χ0) is 21.4. The maximum Gasteiger partial charge on any atom is 0.323 e. The number of hydrogen-bond acceptors (Lipinski definition) is 6. The van der Waals surface area contributed by atoms with Crippen LogP contribution in [-0.2, 0) is 0 Å². The van der Waals surface area contributed by atoms with Gasteiger partial charge < -0.3 is 10.6 Å². The molecule has 4 rings (SSSR count). The molecule has 1 aliphatic heterocycles. The average Bonchev–Trinajstić information content (AvgIpc) is 3.25. The molecule has 154 valence electrons. The fourth-order valence-corrected chi connectivity index (χ4v) is 3.57. The highest BCUT2D eigenvalue weighted by atomic mass is 35.5. The van der Waals surface area contributed by atoms with Crippen molar-refractivity contribution in [3.63, 3.8) is 0 Å². The minimum absolute atomic E-state index is 0.0631. The van der Waals surface area contributed by atoms with Gasteiger partial charge in [0, 0.05) is 12.3 Å². The molecule has 4 heterocycles. The van der Waals surface area contributed by atoms with Crippen LogP contribution in [0.2, 0.25) is 10.2 Å². The number of aliphatic imine (C=N–C) groups is 2. The highest BCUT2D eigenvalue weighted by molar-refractivity contribution is 6.32. The molecule has 2 N–H and O–H groups in total. The van der Waals surface area contributed by atoms with Crippen molar-refractivity contribution in [2.45, 2.75) is 32.9 Å². The van der Waals surface area contributed by atoms with Crippen LogP contribution in [-0.4, -0.2) is 37.5 Å². The van der Waals surface area contributed by atoms with Crippen LogP contribution in [0.15, 0.2) is 34.5 Å².